The monoisotopic (exact) mass is 464 g/mol. The number of halogens is 1. The van der Waals surface area contributed by atoms with Gasteiger partial charge in [-0.05, 0) is 73.5 Å². The molecule has 7 heteroatoms. The molecule has 170 valence electrons. The maximum atomic E-state index is 12.8. The van der Waals surface area contributed by atoms with Crippen molar-refractivity contribution >= 4 is 34.8 Å². The van der Waals surface area contributed by atoms with Gasteiger partial charge < -0.3 is 19.7 Å². The lowest BCUT2D eigenvalue weighted by Crippen LogP contribution is -2.28. The fraction of sp³-hybridized carbons (Fsp3) is 0.231. The highest BCUT2D eigenvalue weighted by Gasteiger charge is 2.36. The average Bonchev–Trinajstić information content (AvgIpc) is 3.20. The van der Waals surface area contributed by atoms with Gasteiger partial charge in [-0.2, -0.15) is 0 Å². The second kappa shape index (κ2) is 9.55. The number of rotatable bonds is 6. The molecule has 1 atom stereocenters. The van der Waals surface area contributed by atoms with Crippen molar-refractivity contribution in [3.63, 3.8) is 0 Å². The lowest BCUT2D eigenvalue weighted by Gasteiger charge is -2.20. The second-order valence-corrected chi connectivity index (χ2v) is 8.47. The molecule has 0 aliphatic carbocycles. The summed E-state index contributed by atoms with van der Waals surface area (Å²) in [6.07, 6.45) is 0.120. The molecule has 0 aromatic heterocycles. The fourth-order valence-electron chi connectivity index (χ4n) is 3.80. The Morgan fingerprint density at radius 3 is 2.55 bits per heavy atom. The van der Waals surface area contributed by atoms with E-state index in [4.69, 9.17) is 21.1 Å². The molecule has 33 heavy (non-hydrogen) atoms. The van der Waals surface area contributed by atoms with E-state index in [2.05, 4.69) is 5.32 Å². The molecule has 3 aromatic rings. The molecule has 1 heterocycles. The lowest BCUT2D eigenvalue weighted by molar-refractivity contribution is -0.122. The van der Waals surface area contributed by atoms with Crippen LogP contribution < -0.4 is 19.7 Å². The van der Waals surface area contributed by atoms with Gasteiger partial charge in [0.2, 0.25) is 11.8 Å². The standard InChI is InChI=1S/C26H25ClN2O4/c1-16-5-4-6-23(17(16)2)33-21-10-8-20(9-11-21)28-26(31)18-13-25(30)29(15-18)22-14-19(27)7-12-24(22)32-3/h4-12,14,18H,13,15H2,1-3H3,(H,28,31)/t18-/m1/s1. The third-order valence-corrected chi connectivity index (χ3v) is 6.07. The Hall–Kier alpha value is -3.51. The summed E-state index contributed by atoms with van der Waals surface area (Å²) in [5, 5.41) is 3.39. The van der Waals surface area contributed by atoms with Crippen LogP contribution in [0.15, 0.2) is 60.7 Å². The quantitative estimate of drug-likeness (QED) is 0.504. The van der Waals surface area contributed by atoms with Crippen LogP contribution in [0.3, 0.4) is 0 Å². The van der Waals surface area contributed by atoms with Crippen molar-refractivity contribution in [3.8, 4) is 17.2 Å². The molecular formula is C26H25ClN2O4. The van der Waals surface area contributed by atoms with Crippen LogP contribution in [0.4, 0.5) is 11.4 Å². The van der Waals surface area contributed by atoms with Crippen LogP contribution in [0.2, 0.25) is 5.02 Å². The van der Waals surface area contributed by atoms with E-state index in [1.165, 1.54) is 7.11 Å². The molecule has 6 nitrogen and oxygen atoms in total. The molecule has 1 aliphatic heterocycles. The first kappa shape index (κ1) is 22.7. The average molecular weight is 465 g/mol. The molecular weight excluding hydrogens is 440 g/mol. The highest BCUT2D eigenvalue weighted by Crippen LogP contribution is 2.35. The molecule has 0 spiro atoms. The molecule has 1 N–H and O–H groups in total. The lowest BCUT2D eigenvalue weighted by atomic mass is 10.1. The number of hydrogen-bond donors (Lipinski definition) is 1. The molecule has 0 unspecified atom stereocenters. The van der Waals surface area contributed by atoms with Crippen LogP contribution in [-0.4, -0.2) is 25.5 Å². The Morgan fingerprint density at radius 2 is 1.82 bits per heavy atom. The van der Waals surface area contributed by atoms with Crippen LogP contribution in [0.25, 0.3) is 0 Å². The first-order valence-electron chi connectivity index (χ1n) is 10.6. The third kappa shape index (κ3) is 4.96. The number of benzene rings is 3. The predicted molar refractivity (Wildman–Crippen MR) is 130 cm³/mol. The molecule has 1 aliphatic rings. The number of carbonyl (C=O) groups is 2. The fourth-order valence-corrected chi connectivity index (χ4v) is 3.97. The molecule has 4 rings (SSSR count). The van der Waals surface area contributed by atoms with Crippen LogP contribution in [-0.2, 0) is 9.59 Å². The number of methoxy groups -OCH3 is 1. The highest BCUT2D eigenvalue weighted by molar-refractivity contribution is 6.31. The molecule has 0 radical (unpaired) electrons. The second-order valence-electron chi connectivity index (χ2n) is 8.04. The van der Waals surface area contributed by atoms with Gasteiger partial charge in [-0.15, -0.1) is 0 Å². The number of ether oxygens (including phenoxy) is 2. The molecule has 3 aromatic carbocycles. The molecule has 1 fully saturated rings. The summed E-state index contributed by atoms with van der Waals surface area (Å²) in [5.74, 6) is 1.17. The van der Waals surface area contributed by atoms with Gasteiger partial charge in [0, 0.05) is 23.7 Å². The summed E-state index contributed by atoms with van der Waals surface area (Å²) < 4.78 is 11.3. The zero-order valence-corrected chi connectivity index (χ0v) is 19.5. The van der Waals surface area contributed by atoms with Crippen molar-refractivity contribution < 1.29 is 19.1 Å². The summed E-state index contributed by atoms with van der Waals surface area (Å²) in [7, 11) is 1.53. The van der Waals surface area contributed by atoms with E-state index >= 15 is 0 Å². The van der Waals surface area contributed by atoms with Gasteiger partial charge in [-0.25, -0.2) is 0 Å². The van der Waals surface area contributed by atoms with Gasteiger partial charge in [0.25, 0.3) is 0 Å². The van der Waals surface area contributed by atoms with Gasteiger partial charge in [0.1, 0.15) is 17.2 Å². The van der Waals surface area contributed by atoms with Gasteiger partial charge in [0.05, 0.1) is 18.7 Å². The van der Waals surface area contributed by atoms with Crippen LogP contribution in [0.5, 0.6) is 17.2 Å². The topological polar surface area (TPSA) is 67.9 Å². The van der Waals surface area contributed by atoms with Crippen molar-refractivity contribution in [1.29, 1.82) is 0 Å². The van der Waals surface area contributed by atoms with E-state index in [0.29, 0.717) is 27.9 Å². The van der Waals surface area contributed by atoms with Crippen molar-refractivity contribution in [2.24, 2.45) is 5.92 Å². The number of carbonyl (C=O) groups excluding carboxylic acids is 2. The zero-order chi connectivity index (χ0) is 23.5. The Bertz CT molecular complexity index is 1190. The summed E-state index contributed by atoms with van der Waals surface area (Å²) in [4.78, 5) is 27.0. The summed E-state index contributed by atoms with van der Waals surface area (Å²) >= 11 is 6.10. The first-order chi connectivity index (χ1) is 15.9. The third-order valence-electron chi connectivity index (χ3n) is 5.83. The largest absolute Gasteiger partial charge is 0.495 e. The molecule has 1 saturated heterocycles. The number of anilines is 2. The van der Waals surface area contributed by atoms with E-state index in [-0.39, 0.29) is 24.8 Å². The van der Waals surface area contributed by atoms with Crippen LogP contribution >= 0.6 is 11.6 Å². The maximum absolute atomic E-state index is 12.8. The van der Waals surface area contributed by atoms with E-state index in [1.54, 1.807) is 47.4 Å². The number of aryl methyl sites for hydroxylation is 1. The number of nitrogens with one attached hydrogen (secondary N) is 1. The maximum Gasteiger partial charge on any atom is 0.229 e. The van der Waals surface area contributed by atoms with Crippen molar-refractivity contribution in [2.75, 3.05) is 23.9 Å². The summed E-state index contributed by atoms with van der Waals surface area (Å²) in [5.41, 5.74) is 3.45. The van der Waals surface area contributed by atoms with E-state index in [9.17, 15) is 9.59 Å². The highest BCUT2D eigenvalue weighted by atomic mass is 35.5. The van der Waals surface area contributed by atoms with Gasteiger partial charge in [-0.1, -0.05) is 23.7 Å². The van der Waals surface area contributed by atoms with Gasteiger partial charge >= 0.3 is 0 Å². The number of amides is 2. The Labute approximate surface area is 198 Å². The normalized spacial score (nSPS) is 15.5. The first-order valence-corrected chi connectivity index (χ1v) is 11.0. The molecule has 2 amide bonds. The Morgan fingerprint density at radius 1 is 1.06 bits per heavy atom. The molecule has 0 bridgehead atoms. The predicted octanol–water partition coefficient (Wildman–Crippen LogP) is 5.75. The minimum Gasteiger partial charge on any atom is -0.495 e. The van der Waals surface area contributed by atoms with Crippen molar-refractivity contribution in [2.45, 2.75) is 20.3 Å². The van der Waals surface area contributed by atoms with Crippen molar-refractivity contribution in [3.05, 3.63) is 76.8 Å². The minimum atomic E-state index is -0.480. The van der Waals surface area contributed by atoms with Crippen molar-refractivity contribution in [1.82, 2.24) is 0 Å². The van der Waals surface area contributed by atoms with Gasteiger partial charge in [0.15, 0.2) is 0 Å². The zero-order valence-electron chi connectivity index (χ0n) is 18.7. The molecule has 0 saturated carbocycles. The van der Waals surface area contributed by atoms with Gasteiger partial charge in [-0.3, -0.25) is 9.59 Å². The smallest absolute Gasteiger partial charge is 0.229 e. The summed E-state index contributed by atoms with van der Waals surface area (Å²) in [6, 6.07) is 18.2. The van der Waals surface area contributed by atoms with Crippen LogP contribution in [0, 0.1) is 19.8 Å². The van der Waals surface area contributed by atoms with E-state index in [0.717, 1.165) is 16.9 Å². The SMILES string of the molecule is COc1ccc(Cl)cc1N1C[C@H](C(=O)Nc2ccc(Oc3cccc(C)c3C)cc2)CC1=O. The number of nitrogens with zero attached hydrogens (tertiary/aromatic N) is 1. The Balaban J connectivity index is 1.41. The summed E-state index contributed by atoms with van der Waals surface area (Å²) in [6.45, 7) is 4.32. The minimum absolute atomic E-state index is 0.120. The Kier molecular flexibility index (Phi) is 6.56. The van der Waals surface area contributed by atoms with E-state index < -0.39 is 5.92 Å². The van der Waals surface area contributed by atoms with Crippen LogP contribution in [0.1, 0.15) is 17.5 Å². The number of hydrogen-bond acceptors (Lipinski definition) is 4. The van der Waals surface area contributed by atoms with E-state index in [1.807, 2.05) is 32.0 Å².